The van der Waals surface area contributed by atoms with Crippen LogP contribution in [-0.2, 0) is 9.47 Å². The number of nitrogens with zero attached hydrogens (tertiary/aromatic N) is 2. The number of ether oxygens (including phenoxy) is 3. The molecule has 0 aliphatic carbocycles. The highest BCUT2D eigenvalue weighted by molar-refractivity contribution is 7.15. The van der Waals surface area contributed by atoms with Crippen molar-refractivity contribution < 1.29 is 23.8 Å². The molecule has 2 heterocycles. The van der Waals surface area contributed by atoms with Crippen molar-refractivity contribution in [3.63, 3.8) is 0 Å². The fourth-order valence-corrected chi connectivity index (χ4v) is 4.09. The Labute approximate surface area is 181 Å². The van der Waals surface area contributed by atoms with Gasteiger partial charge in [-0.2, -0.15) is 0 Å². The average molecular weight is 433 g/mol. The van der Waals surface area contributed by atoms with Crippen LogP contribution < -0.4 is 4.74 Å². The van der Waals surface area contributed by atoms with Gasteiger partial charge < -0.3 is 19.1 Å². The Morgan fingerprint density at radius 3 is 2.47 bits per heavy atom. The molecule has 0 atom stereocenters. The van der Waals surface area contributed by atoms with E-state index in [4.69, 9.17) is 14.2 Å². The molecule has 0 unspecified atom stereocenters. The Hall–Kier alpha value is -2.61. The summed E-state index contributed by atoms with van der Waals surface area (Å²) in [4.78, 5) is 31.8. The molecule has 1 saturated heterocycles. The number of rotatable bonds is 4. The van der Waals surface area contributed by atoms with Gasteiger partial charge in [-0.05, 0) is 39.8 Å². The number of hydrogen-bond donors (Lipinski definition) is 0. The van der Waals surface area contributed by atoms with Gasteiger partial charge in [-0.15, -0.1) is 11.3 Å². The van der Waals surface area contributed by atoms with Gasteiger partial charge >= 0.3 is 12.1 Å². The predicted octanol–water partition coefficient (Wildman–Crippen LogP) is 4.68. The van der Waals surface area contributed by atoms with Gasteiger partial charge in [-0.25, -0.2) is 14.6 Å². The number of thiazole rings is 1. The van der Waals surface area contributed by atoms with E-state index in [0.29, 0.717) is 42.8 Å². The van der Waals surface area contributed by atoms with Crippen molar-refractivity contribution in [2.45, 2.75) is 52.2 Å². The van der Waals surface area contributed by atoms with Gasteiger partial charge in [0.1, 0.15) is 22.5 Å². The van der Waals surface area contributed by atoms with E-state index in [1.54, 1.807) is 23.2 Å². The summed E-state index contributed by atoms with van der Waals surface area (Å²) < 4.78 is 16.7. The lowest BCUT2D eigenvalue weighted by Crippen LogP contribution is -2.44. The molecule has 1 aliphatic rings. The number of likely N-dealkylation sites (tertiary alicyclic amines) is 1. The number of methoxy groups -OCH3 is 1. The first-order valence-electron chi connectivity index (χ1n) is 9.96. The Bertz CT molecular complexity index is 910. The van der Waals surface area contributed by atoms with Crippen molar-refractivity contribution in [1.82, 2.24) is 9.88 Å². The number of piperidine rings is 1. The van der Waals surface area contributed by atoms with Crippen LogP contribution >= 0.6 is 11.3 Å². The second-order valence-corrected chi connectivity index (χ2v) is 9.47. The molecule has 0 spiro atoms. The molecule has 7 nitrogen and oxygen atoms in total. The van der Waals surface area contributed by atoms with Crippen molar-refractivity contribution in [3.8, 4) is 16.3 Å². The monoisotopic (exact) mass is 432 g/mol. The molecule has 0 saturated carbocycles. The number of carbonyl (C=O) groups is 2. The van der Waals surface area contributed by atoms with Crippen LogP contribution in [0.2, 0.25) is 0 Å². The Morgan fingerprint density at radius 2 is 1.90 bits per heavy atom. The first-order chi connectivity index (χ1) is 14.2. The summed E-state index contributed by atoms with van der Waals surface area (Å²) in [7, 11) is 1.36. The molecule has 1 fully saturated rings. The fourth-order valence-electron chi connectivity index (χ4n) is 3.26. The third-order valence-electron chi connectivity index (χ3n) is 4.65. The highest BCUT2D eigenvalue weighted by Gasteiger charge is 2.29. The van der Waals surface area contributed by atoms with E-state index in [1.165, 1.54) is 18.4 Å². The van der Waals surface area contributed by atoms with Crippen LogP contribution in [0.5, 0.6) is 5.75 Å². The molecule has 3 rings (SSSR count). The smallest absolute Gasteiger partial charge is 0.410 e. The number of aromatic nitrogens is 1. The quantitative estimate of drug-likeness (QED) is 0.653. The number of esters is 1. The van der Waals surface area contributed by atoms with E-state index >= 15 is 0 Å². The Morgan fingerprint density at radius 1 is 1.20 bits per heavy atom. The normalized spacial score (nSPS) is 15.0. The van der Waals surface area contributed by atoms with E-state index in [2.05, 4.69) is 4.98 Å². The minimum atomic E-state index is -0.514. The fraction of sp³-hybridized carbons (Fsp3) is 0.500. The van der Waals surface area contributed by atoms with Gasteiger partial charge in [-0.3, -0.25) is 0 Å². The maximum Gasteiger partial charge on any atom is 0.410 e. The van der Waals surface area contributed by atoms with Crippen molar-refractivity contribution in [3.05, 3.63) is 34.8 Å². The highest BCUT2D eigenvalue weighted by Crippen LogP contribution is 2.37. The summed E-state index contributed by atoms with van der Waals surface area (Å²) in [6, 6.07) is 5.34. The lowest BCUT2D eigenvalue weighted by molar-refractivity contribution is 0.0126. The van der Waals surface area contributed by atoms with Gasteiger partial charge in [0.15, 0.2) is 0 Å². The predicted molar refractivity (Wildman–Crippen MR) is 115 cm³/mol. The molecule has 0 bridgehead atoms. The van der Waals surface area contributed by atoms with E-state index in [9.17, 15) is 9.59 Å². The number of carbonyl (C=O) groups excluding carboxylic acids is 2. The number of hydrogen-bond acceptors (Lipinski definition) is 7. The zero-order chi connectivity index (χ0) is 21.9. The first kappa shape index (κ1) is 22.1. The summed E-state index contributed by atoms with van der Waals surface area (Å²) in [5.74, 6) is 0.172. The van der Waals surface area contributed by atoms with E-state index in [-0.39, 0.29) is 12.2 Å². The highest BCUT2D eigenvalue weighted by atomic mass is 32.1. The molecule has 1 aromatic carbocycles. The molecular formula is C22H28N2O5S. The minimum absolute atomic E-state index is 0.0728. The number of amides is 1. The minimum Gasteiger partial charge on any atom is -0.490 e. The molecule has 0 N–H and O–H groups in total. The van der Waals surface area contributed by atoms with Crippen LogP contribution in [0.15, 0.2) is 24.4 Å². The average Bonchev–Trinajstić information content (AvgIpc) is 3.12. The molecule has 0 radical (unpaired) electrons. The number of benzene rings is 1. The van der Waals surface area contributed by atoms with Crippen molar-refractivity contribution in [1.29, 1.82) is 0 Å². The van der Waals surface area contributed by atoms with Gasteiger partial charge in [-0.1, -0.05) is 6.07 Å². The molecule has 8 heteroatoms. The molecule has 1 amide bonds. The van der Waals surface area contributed by atoms with Crippen LogP contribution in [0.3, 0.4) is 0 Å². The van der Waals surface area contributed by atoms with Crippen LogP contribution in [0, 0.1) is 6.92 Å². The summed E-state index contributed by atoms with van der Waals surface area (Å²) >= 11 is 1.50. The lowest BCUT2D eigenvalue weighted by Gasteiger charge is -2.33. The molecular weight excluding hydrogens is 404 g/mol. The second kappa shape index (κ2) is 9.04. The first-order valence-corrected chi connectivity index (χ1v) is 10.8. The Balaban J connectivity index is 1.76. The number of aryl methyl sites for hydroxylation is 1. The third kappa shape index (κ3) is 5.30. The zero-order valence-corrected chi connectivity index (χ0v) is 18.9. The topological polar surface area (TPSA) is 78.0 Å². The van der Waals surface area contributed by atoms with Gasteiger partial charge in [0.25, 0.3) is 0 Å². The molecule has 1 aromatic heterocycles. The van der Waals surface area contributed by atoms with Crippen molar-refractivity contribution >= 4 is 23.4 Å². The molecule has 30 heavy (non-hydrogen) atoms. The van der Waals surface area contributed by atoms with Crippen LogP contribution in [0.25, 0.3) is 10.6 Å². The van der Waals surface area contributed by atoms with Crippen molar-refractivity contribution in [2.24, 2.45) is 0 Å². The third-order valence-corrected chi connectivity index (χ3v) is 5.58. The maximum atomic E-state index is 12.3. The van der Waals surface area contributed by atoms with Crippen LogP contribution in [-0.4, -0.2) is 53.9 Å². The summed E-state index contributed by atoms with van der Waals surface area (Å²) in [6.07, 6.45) is 2.76. The molecule has 2 aromatic rings. The Kier molecular flexibility index (Phi) is 6.65. The summed E-state index contributed by atoms with van der Waals surface area (Å²) in [6.45, 7) is 8.66. The molecule has 1 aliphatic heterocycles. The summed E-state index contributed by atoms with van der Waals surface area (Å²) in [5.41, 5.74) is 0.562. The van der Waals surface area contributed by atoms with Gasteiger partial charge in [0.05, 0.1) is 18.2 Å². The molecule has 162 valence electrons. The van der Waals surface area contributed by atoms with Crippen LogP contribution in [0.1, 0.15) is 48.8 Å². The van der Waals surface area contributed by atoms with Crippen molar-refractivity contribution in [2.75, 3.05) is 20.2 Å². The standard InChI is InChI=1S/C22H28N2O5S/c1-14-13-23-19(30-14)18-16(20(25)27-5)7-6-8-17(18)28-15-9-11-24(12-10-15)21(26)29-22(2,3)4/h6-8,13,15H,9-12H2,1-5H3. The SMILES string of the molecule is COC(=O)c1cccc(OC2CCN(C(=O)OC(C)(C)C)CC2)c1-c1ncc(C)s1. The zero-order valence-electron chi connectivity index (χ0n) is 18.1. The van der Waals surface area contributed by atoms with Crippen LogP contribution in [0.4, 0.5) is 4.79 Å². The van der Waals surface area contributed by atoms with Gasteiger partial charge in [0, 0.05) is 37.0 Å². The van der Waals surface area contributed by atoms with E-state index < -0.39 is 11.6 Å². The van der Waals surface area contributed by atoms with E-state index in [1.807, 2.05) is 33.8 Å². The second-order valence-electron chi connectivity index (χ2n) is 8.23. The van der Waals surface area contributed by atoms with E-state index in [0.717, 1.165) is 9.88 Å². The largest absolute Gasteiger partial charge is 0.490 e. The summed E-state index contributed by atoms with van der Waals surface area (Å²) in [5, 5.41) is 0.717. The maximum absolute atomic E-state index is 12.3. The van der Waals surface area contributed by atoms with Gasteiger partial charge in [0.2, 0.25) is 0 Å². The lowest BCUT2D eigenvalue weighted by atomic mass is 10.1.